The summed E-state index contributed by atoms with van der Waals surface area (Å²) >= 11 is 0. The van der Waals surface area contributed by atoms with Crippen molar-refractivity contribution in [3.8, 4) is 0 Å². The van der Waals surface area contributed by atoms with Gasteiger partial charge in [-0.05, 0) is 49.4 Å². The molecule has 3 nitrogen and oxygen atoms in total. The van der Waals surface area contributed by atoms with Crippen LogP contribution < -0.4 is 10.2 Å². The molecule has 2 N–H and O–H groups in total. The van der Waals surface area contributed by atoms with Gasteiger partial charge in [0.2, 0.25) is 0 Å². The summed E-state index contributed by atoms with van der Waals surface area (Å²) in [4.78, 5) is 2.46. The van der Waals surface area contributed by atoms with Crippen molar-refractivity contribution in [2.75, 3.05) is 31.1 Å². The summed E-state index contributed by atoms with van der Waals surface area (Å²) in [5, 5.41) is 12.5. The molecule has 0 spiro atoms. The van der Waals surface area contributed by atoms with Crippen molar-refractivity contribution in [2.24, 2.45) is 5.92 Å². The Bertz CT molecular complexity index is 371. The van der Waals surface area contributed by atoms with Crippen molar-refractivity contribution in [1.29, 1.82) is 0 Å². The van der Waals surface area contributed by atoms with Gasteiger partial charge in [0.1, 0.15) is 0 Å². The average molecular weight is 276 g/mol. The van der Waals surface area contributed by atoms with Gasteiger partial charge in [0.05, 0.1) is 0 Å². The molecule has 3 heteroatoms. The van der Waals surface area contributed by atoms with Crippen molar-refractivity contribution >= 4 is 5.69 Å². The number of rotatable bonds is 8. The van der Waals surface area contributed by atoms with Crippen LogP contribution >= 0.6 is 0 Å². The lowest BCUT2D eigenvalue weighted by atomic mass is 10.0. The fourth-order valence-corrected chi connectivity index (χ4v) is 2.85. The maximum Gasteiger partial charge on any atom is 0.0434 e. The highest BCUT2D eigenvalue weighted by Crippen LogP contribution is 2.20. The molecule has 0 aliphatic carbocycles. The van der Waals surface area contributed by atoms with Gasteiger partial charge in [0.25, 0.3) is 0 Å². The van der Waals surface area contributed by atoms with E-state index in [1.54, 1.807) is 0 Å². The van der Waals surface area contributed by atoms with Gasteiger partial charge in [-0.25, -0.2) is 0 Å². The Hall–Kier alpha value is -1.06. The zero-order chi connectivity index (χ0) is 14.2. The molecule has 0 bridgehead atoms. The summed E-state index contributed by atoms with van der Waals surface area (Å²) in [5.74, 6) is 0.587. The molecule has 0 radical (unpaired) electrons. The van der Waals surface area contributed by atoms with Crippen LogP contribution in [-0.2, 0) is 6.54 Å². The molecule has 1 aliphatic rings. The lowest BCUT2D eigenvalue weighted by Gasteiger charge is -2.18. The smallest absolute Gasteiger partial charge is 0.0434 e. The molecular formula is C17H28N2O. The first-order valence-corrected chi connectivity index (χ1v) is 7.99. The van der Waals surface area contributed by atoms with Crippen LogP contribution in [0, 0.1) is 5.92 Å². The minimum absolute atomic E-state index is 0.296. The molecule has 1 aliphatic heterocycles. The van der Waals surface area contributed by atoms with Crippen LogP contribution in [0.4, 0.5) is 5.69 Å². The Morgan fingerprint density at radius 2 is 1.90 bits per heavy atom. The van der Waals surface area contributed by atoms with Gasteiger partial charge < -0.3 is 15.3 Å². The number of nitrogens with one attached hydrogen (secondary N) is 1. The van der Waals surface area contributed by atoms with E-state index in [0.29, 0.717) is 12.5 Å². The summed E-state index contributed by atoms with van der Waals surface area (Å²) in [5.41, 5.74) is 2.70. The lowest BCUT2D eigenvalue weighted by Crippen LogP contribution is -2.23. The first kappa shape index (κ1) is 15.3. The molecule has 1 saturated heterocycles. The molecule has 0 aromatic heterocycles. The van der Waals surface area contributed by atoms with E-state index in [2.05, 4.69) is 41.4 Å². The molecule has 20 heavy (non-hydrogen) atoms. The van der Waals surface area contributed by atoms with Crippen LogP contribution in [0.5, 0.6) is 0 Å². The average Bonchev–Trinajstić information content (AvgIpc) is 3.01. The van der Waals surface area contributed by atoms with E-state index in [1.165, 1.54) is 37.2 Å². The third-order valence-corrected chi connectivity index (χ3v) is 4.28. The highest BCUT2D eigenvalue weighted by molar-refractivity contribution is 5.48. The van der Waals surface area contributed by atoms with Crippen LogP contribution in [0.25, 0.3) is 0 Å². The van der Waals surface area contributed by atoms with Crippen LogP contribution in [0.1, 0.15) is 38.2 Å². The Kier molecular flexibility index (Phi) is 6.34. The van der Waals surface area contributed by atoms with Crippen LogP contribution in [0.15, 0.2) is 24.3 Å². The molecule has 112 valence electrons. The number of nitrogens with zero attached hydrogens (tertiary/aromatic N) is 1. The van der Waals surface area contributed by atoms with E-state index in [9.17, 15) is 0 Å². The Morgan fingerprint density at radius 1 is 1.20 bits per heavy atom. The van der Waals surface area contributed by atoms with Crippen molar-refractivity contribution < 1.29 is 5.11 Å². The highest BCUT2D eigenvalue weighted by Gasteiger charge is 2.11. The Labute approximate surface area is 123 Å². The second-order valence-electron chi connectivity index (χ2n) is 5.78. The van der Waals surface area contributed by atoms with Crippen molar-refractivity contribution in [1.82, 2.24) is 5.32 Å². The summed E-state index contributed by atoms with van der Waals surface area (Å²) in [6.45, 7) is 6.80. The lowest BCUT2D eigenvalue weighted by molar-refractivity contribution is 0.251. The third-order valence-electron chi connectivity index (χ3n) is 4.28. The largest absolute Gasteiger partial charge is 0.396 e. The Morgan fingerprint density at radius 3 is 2.50 bits per heavy atom. The second kappa shape index (κ2) is 8.28. The molecule has 2 rings (SSSR count). The first-order chi connectivity index (χ1) is 9.83. The molecule has 1 unspecified atom stereocenters. The van der Waals surface area contributed by atoms with Crippen molar-refractivity contribution in [3.63, 3.8) is 0 Å². The summed E-state index contributed by atoms with van der Waals surface area (Å²) < 4.78 is 0. The van der Waals surface area contributed by atoms with Crippen LogP contribution in [0.3, 0.4) is 0 Å². The number of benzene rings is 1. The first-order valence-electron chi connectivity index (χ1n) is 7.99. The molecule has 1 aromatic carbocycles. The SMILES string of the molecule is CCC(CCO)CNCc1ccc(N2CCCC2)cc1. The van der Waals surface area contributed by atoms with Gasteiger partial charge in [-0.15, -0.1) is 0 Å². The minimum Gasteiger partial charge on any atom is -0.396 e. The maximum absolute atomic E-state index is 8.99. The van der Waals surface area contributed by atoms with Gasteiger partial charge in [-0.2, -0.15) is 0 Å². The zero-order valence-electron chi connectivity index (χ0n) is 12.6. The van der Waals surface area contributed by atoms with Gasteiger partial charge in [-0.3, -0.25) is 0 Å². The molecule has 1 atom stereocenters. The highest BCUT2D eigenvalue weighted by atomic mass is 16.3. The predicted octanol–water partition coefficient (Wildman–Crippen LogP) is 2.79. The number of aliphatic hydroxyl groups excluding tert-OH is 1. The topological polar surface area (TPSA) is 35.5 Å². The normalized spacial score (nSPS) is 16.6. The summed E-state index contributed by atoms with van der Waals surface area (Å²) in [7, 11) is 0. The standard InChI is InChI=1S/C17H28N2O/c1-2-15(9-12-20)13-18-14-16-5-7-17(8-6-16)19-10-3-4-11-19/h5-8,15,18,20H,2-4,9-14H2,1H3. The number of hydrogen-bond acceptors (Lipinski definition) is 3. The van der Waals surface area contributed by atoms with Gasteiger partial charge in [0.15, 0.2) is 0 Å². The zero-order valence-corrected chi connectivity index (χ0v) is 12.6. The molecule has 0 saturated carbocycles. The predicted molar refractivity (Wildman–Crippen MR) is 85.1 cm³/mol. The van der Waals surface area contributed by atoms with Crippen molar-refractivity contribution in [2.45, 2.75) is 39.2 Å². The van der Waals surface area contributed by atoms with E-state index < -0.39 is 0 Å². The fraction of sp³-hybridized carbons (Fsp3) is 0.647. The molecular weight excluding hydrogens is 248 g/mol. The molecule has 1 heterocycles. The van der Waals surface area contributed by atoms with Gasteiger partial charge >= 0.3 is 0 Å². The maximum atomic E-state index is 8.99. The minimum atomic E-state index is 0.296. The Balaban J connectivity index is 1.75. The van der Waals surface area contributed by atoms with Crippen molar-refractivity contribution in [3.05, 3.63) is 29.8 Å². The number of aliphatic hydroxyl groups is 1. The molecule has 1 fully saturated rings. The fourth-order valence-electron chi connectivity index (χ4n) is 2.85. The van der Waals surface area contributed by atoms with E-state index in [4.69, 9.17) is 5.11 Å². The number of hydrogen-bond donors (Lipinski definition) is 2. The third kappa shape index (κ3) is 4.50. The van der Waals surface area contributed by atoms with E-state index in [0.717, 1.165) is 25.9 Å². The second-order valence-corrected chi connectivity index (χ2v) is 5.78. The van der Waals surface area contributed by atoms with Gasteiger partial charge in [0, 0.05) is 31.9 Å². The van der Waals surface area contributed by atoms with Gasteiger partial charge in [-0.1, -0.05) is 25.5 Å². The van der Waals surface area contributed by atoms with Crippen LogP contribution in [0.2, 0.25) is 0 Å². The van der Waals surface area contributed by atoms with Crippen LogP contribution in [-0.4, -0.2) is 31.3 Å². The summed E-state index contributed by atoms with van der Waals surface area (Å²) in [6, 6.07) is 8.95. The van der Waals surface area contributed by atoms with E-state index in [1.807, 2.05) is 0 Å². The summed E-state index contributed by atoms with van der Waals surface area (Å²) in [6.07, 6.45) is 4.68. The van der Waals surface area contributed by atoms with E-state index in [-0.39, 0.29) is 0 Å². The molecule has 0 amide bonds. The number of anilines is 1. The van der Waals surface area contributed by atoms with E-state index >= 15 is 0 Å². The quantitative estimate of drug-likeness (QED) is 0.766. The molecule has 1 aromatic rings. The monoisotopic (exact) mass is 276 g/mol.